The molecule has 1 unspecified atom stereocenters. The van der Waals surface area contributed by atoms with Crippen molar-refractivity contribution in [2.75, 3.05) is 40.9 Å². The fourth-order valence-electron chi connectivity index (χ4n) is 1.23. The zero-order valence-electron chi connectivity index (χ0n) is 18.5. The lowest BCUT2D eigenvalue weighted by atomic mass is 10.3. The van der Waals surface area contributed by atoms with Crippen LogP contribution in [0, 0.1) is 0 Å². The molecule has 0 spiro atoms. The smallest absolute Gasteiger partial charge is 0.333 e. The number of ether oxygens (including phenoxy) is 2. The fourth-order valence-corrected chi connectivity index (χ4v) is 1.23. The van der Waals surface area contributed by atoms with Gasteiger partial charge in [-0.2, -0.15) is 0 Å². The second-order valence-corrected chi connectivity index (χ2v) is 7.06. The molecule has 0 amide bonds. The first-order valence-corrected chi connectivity index (χ1v) is 8.59. The van der Waals surface area contributed by atoms with Gasteiger partial charge in [-0.25, -0.2) is 9.59 Å². The first-order valence-electron chi connectivity index (χ1n) is 8.59. The number of hydrogen-bond acceptors (Lipinski definition) is 5. The molecule has 0 aliphatic heterocycles. The molecule has 0 saturated heterocycles. The van der Waals surface area contributed by atoms with Crippen LogP contribution in [0.5, 0.6) is 0 Å². The van der Waals surface area contributed by atoms with Gasteiger partial charge in [-0.1, -0.05) is 38.0 Å². The summed E-state index contributed by atoms with van der Waals surface area (Å²) in [6.45, 7) is 21.7. The zero-order chi connectivity index (χ0) is 22.2. The summed E-state index contributed by atoms with van der Waals surface area (Å²) in [5.41, 5.74) is 1.82. The van der Waals surface area contributed by atoms with Gasteiger partial charge >= 0.3 is 11.9 Å². The number of aliphatic hydroxyl groups excluding tert-OH is 1. The van der Waals surface area contributed by atoms with Gasteiger partial charge in [-0.3, -0.25) is 0 Å². The molecule has 1 atom stereocenters. The third kappa shape index (κ3) is 28.9. The molecule has 0 rings (SSSR count). The van der Waals surface area contributed by atoms with E-state index in [0.717, 1.165) is 5.57 Å². The topological polar surface area (TPSA) is 72.8 Å². The molecular formula is C21H38ClNO5. The van der Waals surface area contributed by atoms with Crippen molar-refractivity contribution in [3.05, 3.63) is 49.1 Å². The number of hydrogen-bond donors (Lipinski definition) is 1. The van der Waals surface area contributed by atoms with Crippen LogP contribution in [0.4, 0.5) is 0 Å². The first-order chi connectivity index (χ1) is 12.2. The average Bonchev–Trinajstić information content (AvgIpc) is 2.52. The molecule has 0 heterocycles. The summed E-state index contributed by atoms with van der Waals surface area (Å²) < 4.78 is 10.0. The maximum atomic E-state index is 11.0. The number of quaternary nitrogens is 1. The van der Waals surface area contributed by atoms with Crippen LogP contribution in [-0.2, 0) is 19.1 Å². The number of halogens is 1. The van der Waals surface area contributed by atoms with E-state index in [-0.39, 0.29) is 25.0 Å². The lowest BCUT2D eigenvalue weighted by Crippen LogP contribution is -3.00. The Morgan fingerprint density at radius 2 is 1.36 bits per heavy atom. The van der Waals surface area contributed by atoms with Crippen molar-refractivity contribution in [2.45, 2.75) is 33.8 Å². The van der Waals surface area contributed by atoms with Gasteiger partial charge in [-0.15, -0.1) is 0 Å². The molecule has 0 saturated carbocycles. The zero-order valence-corrected chi connectivity index (χ0v) is 19.3. The molecule has 0 bridgehead atoms. The minimum atomic E-state index is -0.627. The third-order valence-corrected chi connectivity index (χ3v) is 2.49. The van der Waals surface area contributed by atoms with Crippen molar-refractivity contribution in [2.24, 2.45) is 0 Å². The van der Waals surface area contributed by atoms with E-state index in [1.165, 1.54) is 0 Å². The van der Waals surface area contributed by atoms with Crippen molar-refractivity contribution in [1.29, 1.82) is 0 Å². The van der Waals surface area contributed by atoms with E-state index in [1.807, 2.05) is 28.1 Å². The van der Waals surface area contributed by atoms with E-state index in [0.29, 0.717) is 28.8 Å². The molecule has 28 heavy (non-hydrogen) atoms. The van der Waals surface area contributed by atoms with Crippen molar-refractivity contribution in [3.8, 4) is 0 Å². The van der Waals surface area contributed by atoms with Crippen LogP contribution in [0.15, 0.2) is 49.1 Å². The number of nitrogens with zero attached hydrogens (tertiary/aromatic N) is 1. The van der Waals surface area contributed by atoms with E-state index in [1.54, 1.807) is 26.8 Å². The normalized spacial score (nSPS) is 10.3. The molecule has 1 N–H and O–H groups in total. The maximum Gasteiger partial charge on any atom is 0.333 e. The van der Waals surface area contributed by atoms with E-state index in [4.69, 9.17) is 4.74 Å². The Labute approximate surface area is 177 Å². The number of carbonyl (C=O) groups is 2. The predicted molar refractivity (Wildman–Crippen MR) is 111 cm³/mol. The summed E-state index contributed by atoms with van der Waals surface area (Å²) in [6, 6.07) is 0. The number of aliphatic hydroxyl groups is 1. The Hall–Kier alpha value is -1.89. The average molecular weight is 420 g/mol. The first kappa shape index (κ1) is 33.7. The molecule has 0 radical (unpaired) electrons. The Morgan fingerprint density at radius 1 is 1.00 bits per heavy atom. The van der Waals surface area contributed by atoms with Gasteiger partial charge < -0.3 is 31.5 Å². The fraction of sp³-hybridized carbons (Fsp3) is 0.524. The van der Waals surface area contributed by atoms with Crippen LogP contribution in [-0.4, -0.2) is 68.5 Å². The minimum absolute atomic E-state index is 0. The quantitative estimate of drug-likeness (QED) is 0.260. The Morgan fingerprint density at radius 3 is 1.57 bits per heavy atom. The molecule has 0 aromatic heterocycles. The van der Waals surface area contributed by atoms with Gasteiger partial charge in [-0.05, 0) is 27.7 Å². The van der Waals surface area contributed by atoms with E-state index >= 15 is 0 Å². The van der Waals surface area contributed by atoms with Crippen LogP contribution in [0.1, 0.15) is 27.7 Å². The monoisotopic (exact) mass is 419 g/mol. The molecule has 7 heteroatoms. The van der Waals surface area contributed by atoms with Crippen molar-refractivity contribution in [3.63, 3.8) is 0 Å². The molecule has 0 aromatic carbocycles. The molecular weight excluding hydrogens is 382 g/mol. The number of esters is 2. The number of allylic oxidation sites excluding steroid dienone is 2. The summed E-state index contributed by atoms with van der Waals surface area (Å²) in [7, 11) is 5.89. The minimum Gasteiger partial charge on any atom is -1.00 e. The van der Waals surface area contributed by atoms with Gasteiger partial charge in [0.2, 0.25) is 0 Å². The number of carbonyl (C=O) groups excluding carboxylic acids is 2. The molecule has 0 fully saturated rings. The second kappa shape index (κ2) is 18.5. The molecule has 0 aliphatic rings. The highest BCUT2D eigenvalue weighted by Crippen LogP contribution is 1.98. The summed E-state index contributed by atoms with van der Waals surface area (Å²) >= 11 is 0. The lowest BCUT2D eigenvalue weighted by Gasteiger charge is -2.26. The van der Waals surface area contributed by atoms with E-state index in [2.05, 4.69) is 31.1 Å². The van der Waals surface area contributed by atoms with Gasteiger partial charge in [0, 0.05) is 11.1 Å². The highest BCUT2D eigenvalue weighted by Gasteiger charge is 2.17. The lowest BCUT2D eigenvalue weighted by molar-refractivity contribution is -0.873. The maximum absolute atomic E-state index is 11.0. The van der Waals surface area contributed by atoms with Crippen molar-refractivity contribution < 1.29 is 41.1 Å². The summed E-state index contributed by atoms with van der Waals surface area (Å²) in [4.78, 5) is 21.4. The molecule has 164 valence electrons. The standard InChI is InChI=1S/C10H20NO3.C6H10O2.C5H8.ClH/c1-8(2)10(13)14-7-9(12)6-11(3,4)5;1-4-8-6(7)5(2)3;1-4-5(2)3;/h9,12H,1,6-7H2,2-5H3;2,4H2,1,3H3;4H,1-2H2,3H3;1H/q+1;;;/p-1. The van der Waals surface area contributed by atoms with Gasteiger partial charge in [0.25, 0.3) is 0 Å². The summed E-state index contributed by atoms with van der Waals surface area (Å²) in [6.07, 6.45) is 1.10. The van der Waals surface area contributed by atoms with Crippen LogP contribution in [0.3, 0.4) is 0 Å². The predicted octanol–water partition coefficient (Wildman–Crippen LogP) is 0.0509. The van der Waals surface area contributed by atoms with Crippen LogP contribution < -0.4 is 12.4 Å². The Kier molecular flexibility index (Phi) is 22.2. The summed E-state index contributed by atoms with van der Waals surface area (Å²) in [5.74, 6) is -0.766. The Bertz CT molecular complexity index is 521. The Balaban J connectivity index is -0.000000174. The van der Waals surface area contributed by atoms with Gasteiger partial charge in [0.05, 0.1) is 27.7 Å². The van der Waals surface area contributed by atoms with E-state index in [9.17, 15) is 14.7 Å². The van der Waals surface area contributed by atoms with Crippen LogP contribution in [0.25, 0.3) is 0 Å². The molecule has 6 nitrogen and oxygen atoms in total. The van der Waals surface area contributed by atoms with Crippen molar-refractivity contribution >= 4 is 11.9 Å². The SMILES string of the molecule is C=C(C)C(=O)OCC.C=C(C)C(=O)OCC(O)C[N+](C)(C)C.C=CC(=C)C.[Cl-]. The highest BCUT2D eigenvalue weighted by atomic mass is 35.5. The second-order valence-electron chi connectivity index (χ2n) is 7.06. The van der Waals surface area contributed by atoms with Crippen LogP contribution >= 0.6 is 0 Å². The summed E-state index contributed by atoms with van der Waals surface area (Å²) in [5, 5.41) is 9.49. The molecule has 0 aliphatic carbocycles. The van der Waals surface area contributed by atoms with Crippen molar-refractivity contribution in [1.82, 2.24) is 0 Å². The van der Waals surface area contributed by atoms with Gasteiger partial charge in [0.1, 0.15) is 19.3 Å². The van der Waals surface area contributed by atoms with Crippen LogP contribution in [0.2, 0.25) is 0 Å². The highest BCUT2D eigenvalue weighted by molar-refractivity contribution is 5.87. The largest absolute Gasteiger partial charge is 1.00 e. The van der Waals surface area contributed by atoms with Gasteiger partial charge in [0.15, 0.2) is 0 Å². The third-order valence-electron chi connectivity index (χ3n) is 2.49. The number of likely N-dealkylation sites (N-methyl/N-ethyl adjacent to an activating group) is 1. The number of rotatable bonds is 8. The molecule has 0 aromatic rings. The van der Waals surface area contributed by atoms with E-state index < -0.39 is 12.1 Å².